The summed E-state index contributed by atoms with van der Waals surface area (Å²) in [7, 11) is 0. The summed E-state index contributed by atoms with van der Waals surface area (Å²) in [5.41, 5.74) is 4.02. The minimum absolute atomic E-state index is 0.0127. The van der Waals surface area contributed by atoms with Gasteiger partial charge in [0.15, 0.2) is 5.13 Å². The van der Waals surface area contributed by atoms with Gasteiger partial charge in [-0.1, -0.05) is 17.7 Å². The van der Waals surface area contributed by atoms with Crippen molar-refractivity contribution < 1.29 is 14.3 Å². The highest BCUT2D eigenvalue weighted by Gasteiger charge is 2.20. The van der Waals surface area contributed by atoms with Crippen LogP contribution < -0.4 is 4.90 Å². The van der Waals surface area contributed by atoms with Crippen molar-refractivity contribution in [2.75, 3.05) is 4.90 Å². The maximum absolute atomic E-state index is 12.3. The molecule has 0 aliphatic rings. The second kappa shape index (κ2) is 9.20. The van der Waals surface area contributed by atoms with Crippen molar-refractivity contribution in [1.82, 2.24) is 15.0 Å². The van der Waals surface area contributed by atoms with Gasteiger partial charge >= 0.3 is 5.97 Å². The Morgan fingerprint density at radius 3 is 2.76 bits per heavy atom. The summed E-state index contributed by atoms with van der Waals surface area (Å²) in [4.78, 5) is 38.1. The summed E-state index contributed by atoms with van der Waals surface area (Å²) in [6, 6.07) is 5.88. The van der Waals surface area contributed by atoms with Crippen LogP contribution in [0.25, 0.3) is 6.08 Å². The van der Waals surface area contributed by atoms with Crippen molar-refractivity contribution in [1.29, 1.82) is 0 Å². The van der Waals surface area contributed by atoms with Gasteiger partial charge in [0.1, 0.15) is 6.61 Å². The minimum atomic E-state index is -0.511. The zero-order valence-corrected chi connectivity index (χ0v) is 17.1. The summed E-state index contributed by atoms with van der Waals surface area (Å²) >= 11 is 1.32. The van der Waals surface area contributed by atoms with Crippen LogP contribution in [0.2, 0.25) is 0 Å². The molecule has 2 aromatic heterocycles. The summed E-state index contributed by atoms with van der Waals surface area (Å²) < 4.78 is 5.22. The van der Waals surface area contributed by atoms with E-state index in [0.29, 0.717) is 16.5 Å². The van der Waals surface area contributed by atoms with Crippen LogP contribution in [0.15, 0.2) is 48.2 Å². The molecule has 8 heteroatoms. The van der Waals surface area contributed by atoms with Crippen molar-refractivity contribution >= 4 is 40.1 Å². The smallest absolute Gasteiger partial charge is 0.331 e. The average molecular weight is 408 g/mol. The lowest BCUT2D eigenvalue weighted by Gasteiger charge is -2.20. The Morgan fingerprint density at radius 1 is 1.24 bits per heavy atom. The van der Waals surface area contributed by atoms with Crippen LogP contribution in [-0.4, -0.2) is 26.8 Å². The number of hydrogen-bond acceptors (Lipinski definition) is 7. The number of thiazole rings is 1. The predicted molar refractivity (Wildman–Crippen MR) is 112 cm³/mol. The van der Waals surface area contributed by atoms with E-state index in [1.807, 2.05) is 32.0 Å². The lowest BCUT2D eigenvalue weighted by atomic mass is 10.1. The van der Waals surface area contributed by atoms with Gasteiger partial charge < -0.3 is 4.74 Å². The van der Waals surface area contributed by atoms with Crippen LogP contribution in [0, 0.1) is 13.8 Å². The third-order valence-corrected chi connectivity index (χ3v) is 4.85. The van der Waals surface area contributed by atoms with Crippen LogP contribution in [0.4, 0.5) is 10.8 Å². The second-order valence-corrected chi connectivity index (χ2v) is 7.17. The van der Waals surface area contributed by atoms with E-state index in [0.717, 1.165) is 16.8 Å². The topological polar surface area (TPSA) is 85.3 Å². The normalized spacial score (nSPS) is 10.9. The quantitative estimate of drug-likeness (QED) is 0.453. The molecule has 3 aromatic rings. The Morgan fingerprint density at radius 2 is 2.07 bits per heavy atom. The van der Waals surface area contributed by atoms with Gasteiger partial charge in [0.25, 0.3) is 0 Å². The molecule has 0 aliphatic carbocycles. The molecular weight excluding hydrogens is 388 g/mol. The first kappa shape index (κ1) is 20.3. The van der Waals surface area contributed by atoms with Gasteiger partial charge in [0.05, 0.1) is 23.3 Å². The maximum Gasteiger partial charge on any atom is 0.331 e. The van der Waals surface area contributed by atoms with Gasteiger partial charge in [-0.3, -0.25) is 19.7 Å². The lowest BCUT2D eigenvalue weighted by molar-refractivity contribution is -0.139. The van der Waals surface area contributed by atoms with Gasteiger partial charge in [-0.25, -0.2) is 9.78 Å². The zero-order chi connectivity index (χ0) is 20.8. The molecule has 0 spiro atoms. The number of anilines is 2. The number of rotatable bonds is 6. The molecule has 2 heterocycles. The molecule has 0 saturated carbocycles. The summed E-state index contributed by atoms with van der Waals surface area (Å²) in [5, 5.41) is 2.31. The minimum Gasteiger partial charge on any atom is -0.456 e. The van der Waals surface area contributed by atoms with Gasteiger partial charge in [0.2, 0.25) is 5.91 Å². The number of aryl methyl sites for hydroxylation is 2. The Kier molecular flexibility index (Phi) is 6.46. The summed E-state index contributed by atoms with van der Waals surface area (Å²) in [6.45, 7) is 5.47. The molecule has 7 nitrogen and oxygen atoms in total. The molecule has 0 radical (unpaired) electrons. The van der Waals surface area contributed by atoms with E-state index < -0.39 is 5.97 Å². The first-order valence-corrected chi connectivity index (χ1v) is 9.75. The van der Waals surface area contributed by atoms with Crippen molar-refractivity contribution in [2.24, 2.45) is 0 Å². The van der Waals surface area contributed by atoms with Crippen LogP contribution in [0.1, 0.15) is 29.4 Å². The highest BCUT2D eigenvalue weighted by Crippen LogP contribution is 2.31. The van der Waals surface area contributed by atoms with Crippen LogP contribution >= 0.6 is 11.3 Å². The Bertz CT molecular complexity index is 1050. The number of hydrogen-bond donors (Lipinski definition) is 0. The molecule has 0 bridgehead atoms. The number of nitrogens with zero attached hydrogens (tertiary/aromatic N) is 4. The summed E-state index contributed by atoms with van der Waals surface area (Å²) in [5.74, 6) is -0.648. The van der Waals surface area contributed by atoms with Crippen molar-refractivity contribution in [3.63, 3.8) is 0 Å². The molecule has 3 rings (SSSR count). The van der Waals surface area contributed by atoms with E-state index in [9.17, 15) is 9.59 Å². The average Bonchev–Trinajstić information content (AvgIpc) is 3.16. The van der Waals surface area contributed by atoms with Crippen molar-refractivity contribution in [3.8, 4) is 0 Å². The van der Waals surface area contributed by atoms with E-state index in [4.69, 9.17) is 4.74 Å². The molecular formula is C21H20N4O3S. The van der Waals surface area contributed by atoms with Gasteiger partial charge in [-0.2, -0.15) is 0 Å². The number of esters is 1. The SMILES string of the molecule is CC(=O)N(c1nc(COC(=O)/C=C/c2cnccn2)cs1)c1ccc(C)cc1C. The first-order valence-electron chi connectivity index (χ1n) is 8.87. The molecule has 29 heavy (non-hydrogen) atoms. The van der Waals surface area contributed by atoms with E-state index >= 15 is 0 Å². The fourth-order valence-electron chi connectivity index (χ4n) is 2.67. The lowest BCUT2D eigenvalue weighted by Crippen LogP contribution is -2.23. The van der Waals surface area contributed by atoms with E-state index in [-0.39, 0.29) is 12.5 Å². The molecule has 0 aliphatic heterocycles. The fourth-order valence-corrected chi connectivity index (χ4v) is 3.54. The first-order chi connectivity index (χ1) is 13.9. The van der Waals surface area contributed by atoms with Crippen LogP contribution in [0.3, 0.4) is 0 Å². The number of carbonyl (C=O) groups excluding carboxylic acids is 2. The number of benzene rings is 1. The highest BCUT2D eigenvalue weighted by atomic mass is 32.1. The number of amides is 1. The zero-order valence-electron chi connectivity index (χ0n) is 16.3. The van der Waals surface area contributed by atoms with Gasteiger partial charge in [-0.05, 0) is 31.6 Å². The maximum atomic E-state index is 12.3. The molecule has 0 atom stereocenters. The molecule has 0 saturated heterocycles. The Hall–Kier alpha value is -3.39. The van der Waals surface area contributed by atoms with Crippen molar-refractivity contribution in [2.45, 2.75) is 27.4 Å². The highest BCUT2D eigenvalue weighted by molar-refractivity contribution is 7.14. The number of aromatic nitrogens is 3. The molecule has 0 unspecified atom stereocenters. The summed E-state index contributed by atoms with van der Waals surface area (Å²) in [6.07, 6.45) is 7.45. The second-order valence-electron chi connectivity index (χ2n) is 6.34. The monoisotopic (exact) mass is 408 g/mol. The molecule has 0 fully saturated rings. The van der Waals surface area contributed by atoms with Crippen LogP contribution in [-0.2, 0) is 20.9 Å². The fraction of sp³-hybridized carbons (Fsp3) is 0.190. The van der Waals surface area contributed by atoms with Crippen molar-refractivity contribution in [3.05, 3.63) is 70.8 Å². The largest absolute Gasteiger partial charge is 0.456 e. The van der Waals surface area contributed by atoms with E-state index in [1.54, 1.807) is 28.9 Å². The van der Waals surface area contributed by atoms with Gasteiger partial charge in [0, 0.05) is 30.8 Å². The van der Waals surface area contributed by atoms with Gasteiger partial charge in [-0.15, -0.1) is 11.3 Å². The standard InChI is InChI=1S/C21H20N4O3S/c1-14-4-6-19(15(2)10-14)25(16(3)26)21-24-18(13-29-21)12-28-20(27)7-5-17-11-22-8-9-23-17/h4-11,13H,12H2,1-3H3/b7-5+. The van der Waals surface area contributed by atoms with E-state index in [1.165, 1.54) is 30.4 Å². The third-order valence-electron chi connectivity index (χ3n) is 3.97. The Labute approximate surface area is 172 Å². The number of ether oxygens (including phenoxy) is 1. The molecule has 0 N–H and O–H groups in total. The predicted octanol–water partition coefficient (Wildman–Crippen LogP) is 3.99. The number of carbonyl (C=O) groups is 2. The molecule has 148 valence electrons. The molecule has 1 amide bonds. The third kappa shape index (κ3) is 5.32. The molecule has 1 aromatic carbocycles. The Balaban J connectivity index is 1.68. The van der Waals surface area contributed by atoms with Crippen LogP contribution in [0.5, 0.6) is 0 Å². The van der Waals surface area contributed by atoms with E-state index in [2.05, 4.69) is 15.0 Å².